The van der Waals surface area contributed by atoms with Crippen LogP contribution in [-0.2, 0) is 69.1 Å². The molecule has 0 unspecified atom stereocenters. The Morgan fingerprint density at radius 3 is 1.65 bits per heavy atom. The van der Waals surface area contributed by atoms with Crippen LogP contribution < -0.4 is 0 Å². The van der Waals surface area contributed by atoms with Crippen LogP contribution in [0.25, 0.3) is 10.4 Å². The van der Waals surface area contributed by atoms with Crippen LogP contribution in [-0.4, -0.2) is 93.4 Å². The first kappa shape index (κ1) is 42.4. The highest BCUT2D eigenvalue weighted by Gasteiger charge is 2.53. The lowest BCUT2D eigenvalue weighted by molar-refractivity contribution is -0.375. The third-order valence-corrected chi connectivity index (χ3v) is 9.91. The molecule has 0 bridgehead atoms. The lowest BCUT2D eigenvalue weighted by Crippen LogP contribution is -2.65. The van der Waals surface area contributed by atoms with Crippen molar-refractivity contribution in [3.8, 4) is 0 Å². The van der Waals surface area contributed by atoms with Crippen LogP contribution in [0.4, 0.5) is 0 Å². The SMILES string of the molecule is CO[C@@H]1[C@H](O[C@H]2[C@H](OCCCN=[N+]=[N-])O[C@H](COCc3ccccc3)[C@H](O)[C@@H]2OCc2ccccc2)O[C@@H](C)[C@@H](OCc2ccccc2)[C@H]1OCc1ccccc1. The Balaban J connectivity index is 1.26. The minimum absolute atomic E-state index is 0.0556. The molecule has 10 atom stereocenters. The Bertz CT molecular complexity index is 1760. The number of rotatable bonds is 21. The topological polar surface area (TPSA) is 152 Å². The predicted molar refractivity (Wildman–Crippen MR) is 210 cm³/mol. The maximum Gasteiger partial charge on any atom is 0.187 e. The summed E-state index contributed by atoms with van der Waals surface area (Å²) in [5, 5.41) is 15.6. The molecule has 4 aromatic rings. The van der Waals surface area contributed by atoms with E-state index in [0.29, 0.717) is 26.2 Å². The molecular weight excluding hydrogens is 730 g/mol. The van der Waals surface area contributed by atoms with Crippen molar-refractivity contribution >= 4 is 0 Å². The van der Waals surface area contributed by atoms with Gasteiger partial charge in [0.2, 0.25) is 0 Å². The van der Waals surface area contributed by atoms with Crippen LogP contribution in [0.2, 0.25) is 0 Å². The van der Waals surface area contributed by atoms with E-state index in [2.05, 4.69) is 10.0 Å². The van der Waals surface area contributed by atoms with Gasteiger partial charge in [-0.2, -0.15) is 0 Å². The number of methoxy groups -OCH3 is 1. The van der Waals surface area contributed by atoms with Gasteiger partial charge in [0.15, 0.2) is 12.6 Å². The van der Waals surface area contributed by atoms with E-state index >= 15 is 0 Å². The van der Waals surface area contributed by atoms with Crippen LogP contribution in [0.5, 0.6) is 0 Å². The molecule has 13 nitrogen and oxygen atoms in total. The molecule has 0 amide bonds. The highest BCUT2D eigenvalue weighted by atomic mass is 16.8. The van der Waals surface area contributed by atoms with E-state index in [4.69, 9.17) is 48.2 Å². The fourth-order valence-corrected chi connectivity index (χ4v) is 6.95. The van der Waals surface area contributed by atoms with Gasteiger partial charge in [-0.25, -0.2) is 0 Å². The number of azide groups is 1. The predicted octanol–water partition coefficient (Wildman–Crippen LogP) is 6.91. The molecule has 6 rings (SSSR count). The van der Waals surface area contributed by atoms with Gasteiger partial charge in [-0.1, -0.05) is 126 Å². The van der Waals surface area contributed by atoms with Crippen molar-refractivity contribution < 1.29 is 47.7 Å². The Hall–Kier alpha value is -4.21. The maximum atomic E-state index is 12.0. The molecule has 2 heterocycles. The Labute approximate surface area is 334 Å². The zero-order valence-electron chi connectivity index (χ0n) is 32.4. The van der Waals surface area contributed by atoms with Crippen molar-refractivity contribution in [3.63, 3.8) is 0 Å². The second kappa shape index (κ2) is 22.7. The summed E-state index contributed by atoms with van der Waals surface area (Å²) in [5.41, 5.74) is 12.7. The summed E-state index contributed by atoms with van der Waals surface area (Å²) in [4.78, 5) is 2.85. The zero-order chi connectivity index (χ0) is 39.7. The van der Waals surface area contributed by atoms with E-state index in [1.165, 1.54) is 0 Å². The third kappa shape index (κ3) is 12.4. The largest absolute Gasteiger partial charge is 0.387 e. The Kier molecular flexibility index (Phi) is 16.9. The molecule has 2 aliphatic rings. The summed E-state index contributed by atoms with van der Waals surface area (Å²) >= 11 is 0. The first-order valence-corrected chi connectivity index (χ1v) is 19.4. The van der Waals surface area contributed by atoms with Crippen molar-refractivity contribution in [2.24, 2.45) is 5.11 Å². The molecule has 0 aromatic heterocycles. The van der Waals surface area contributed by atoms with Crippen LogP contribution >= 0.6 is 0 Å². The second-order valence-electron chi connectivity index (χ2n) is 14.0. The van der Waals surface area contributed by atoms with E-state index < -0.39 is 61.4 Å². The summed E-state index contributed by atoms with van der Waals surface area (Å²) in [5.74, 6) is 0. The molecule has 57 heavy (non-hydrogen) atoms. The maximum absolute atomic E-state index is 12.0. The molecule has 2 fully saturated rings. The molecule has 0 aliphatic carbocycles. The fraction of sp³-hybridized carbons (Fsp3) is 0.455. The molecule has 304 valence electrons. The first-order valence-electron chi connectivity index (χ1n) is 19.4. The standard InChI is InChI=1S/C44H53N3O10/c1-31-38(52-27-33-18-9-4-10-19-33)40(54-29-35-22-13-6-14-23-35)41(49-2)44(55-31)57-42-39(53-28-34-20-11-5-12-21-34)37(48)36(30-50-26-32-16-7-3-8-17-32)56-43(42)51-25-15-24-46-47-45/h3-14,16-23,31,36-44,48H,15,24-30H2,1-2H3/t31-,36+,37-,38+,39-,40+,41-,42+,43+,44-/m0/s1. The number of nitrogens with zero attached hydrogens (tertiary/aromatic N) is 3. The number of aliphatic hydroxyl groups excluding tert-OH is 1. The molecule has 13 heteroatoms. The van der Waals surface area contributed by atoms with E-state index in [9.17, 15) is 5.11 Å². The van der Waals surface area contributed by atoms with Gasteiger partial charge >= 0.3 is 0 Å². The monoisotopic (exact) mass is 783 g/mol. The number of hydrogen-bond donors (Lipinski definition) is 1. The van der Waals surface area contributed by atoms with Gasteiger partial charge in [-0.15, -0.1) is 0 Å². The van der Waals surface area contributed by atoms with Gasteiger partial charge in [0.25, 0.3) is 0 Å². The Morgan fingerprint density at radius 2 is 1.12 bits per heavy atom. The normalized spacial score (nSPS) is 27.4. The van der Waals surface area contributed by atoms with Gasteiger partial charge < -0.3 is 47.7 Å². The summed E-state index contributed by atoms with van der Waals surface area (Å²) in [7, 11) is 1.58. The average molecular weight is 784 g/mol. The van der Waals surface area contributed by atoms with Gasteiger partial charge in [0.05, 0.1) is 39.1 Å². The molecular formula is C44H53N3O10. The first-order chi connectivity index (χ1) is 28.0. The van der Waals surface area contributed by atoms with Crippen molar-refractivity contribution in [1.82, 2.24) is 0 Å². The minimum Gasteiger partial charge on any atom is -0.387 e. The molecule has 0 saturated carbocycles. The average Bonchev–Trinajstić information content (AvgIpc) is 3.25. The molecule has 0 radical (unpaired) electrons. The summed E-state index contributed by atoms with van der Waals surface area (Å²) in [6, 6.07) is 39.2. The minimum atomic E-state index is -1.19. The van der Waals surface area contributed by atoms with Gasteiger partial charge in [-0.3, -0.25) is 0 Å². The lowest BCUT2D eigenvalue weighted by atomic mass is 9.96. The van der Waals surface area contributed by atoms with Gasteiger partial charge in [-0.05, 0) is 41.1 Å². The van der Waals surface area contributed by atoms with Gasteiger partial charge in [0.1, 0.15) is 42.7 Å². The summed E-state index contributed by atoms with van der Waals surface area (Å²) in [6.45, 7) is 3.51. The van der Waals surface area contributed by atoms with Gasteiger partial charge in [0, 0.05) is 25.2 Å². The summed E-state index contributed by atoms with van der Waals surface area (Å²) < 4.78 is 58.1. The highest BCUT2D eigenvalue weighted by molar-refractivity contribution is 5.16. The Morgan fingerprint density at radius 1 is 0.614 bits per heavy atom. The molecule has 1 N–H and O–H groups in total. The zero-order valence-corrected chi connectivity index (χ0v) is 32.4. The van der Waals surface area contributed by atoms with Crippen LogP contribution in [0.3, 0.4) is 0 Å². The van der Waals surface area contributed by atoms with Crippen LogP contribution in [0, 0.1) is 0 Å². The van der Waals surface area contributed by atoms with Crippen molar-refractivity contribution in [2.45, 2.75) is 101 Å². The quantitative estimate of drug-likeness (QED) is 0.0409. The fourth-order valence-electron chi connectivity index (χ4n) is 6.95. The van der Waals surface area contributed by atoms with Crippen LogP contribution in [0.1, 0.15) is 35.6 Å². The van der Waals surface area contributed by atoms with E-state index in [0.717, 1.165) is 22.3 Å². The number of aliphatic hydroxyl groups is 1. The lowest BCUT2D eigenvalue weighted by Gasteiger charge is -2.49. The van der Waals surface area contributed by atoms with Crippen molar-refractivity contribution in [1.29, 1.82) is 0 Å². The highest BCUT2D eigenvalue weighted by Crippen LogP contribution is 2.35. The second-order valence-corrected chi connectivity index (χ2v) is 14.0. The number of hydrogen-bond acceptors (Lipinski definition) is 11. The van der Waals surface area contributed by atoms with E-state index in [1.807, 2.05) is 128 Å². The van der Waals surface area contributed by atoms with E-state index in [1.54, 1.807) is 7.11 Å². The van der Waals surface area contributed by atoms with Crippen molar-refractivity contribution in [2.75, 3.05) is 26.9 Å². The molecule has 4 aromatic carbocycles. The number of ether oxygens (including phenoxy) is 9. The van der Waals surface area contributed by atoms with Crippen LogP contribution in [0.15, 0.2) is 126 Å². The number of benzene rings is 4. The molecule has 2 saturated heterocycles. The van der Waals surface area contributed by atoms with Crippen molar-refractivity contribution in [3.05, 3.63) is 154 Å². The summed E-state index contributed by atoms with van der Waals surface area (Å²) in [6.07, 6.45) is -8.09. The third-order valence-electron chi connectivity index (χ3n) is 9.91. The van der Waals surface area contributed by atoms with E-state index in [-0.39, 0.29) is 26.4 Å². The molecule has 2 aliphatic heterocycles. The molecule has 0 spiro atoms. The smallest absolute Gasteiger partial charge is 0.187 e.